The number of amides is 2. The van der Waals surface area contributed by atoms with Crippen LogP contribution in [0.4, 0.5) is 11.4 Å². The highest BCUT2D eigenvalue weighted by molar-refractivity contribution is 5.95. The summed E-state index contributed by atoms with van der Waals surface area (Å²) in [7, 11) is 0. The Labute approximate surface area is 157 Å². The van der Waals surface area contributed by atoms with E-state index in [1.807, 2.05) is 31.2 Å². The molecule has 2 N–H and O–H groups in total. The highest BCUT2D eigenvalue weighted by atomic mass is 16.2. The fraction of sp³-hybridized carbons (Fsp3) is 0.200. The van der Waals surface area contributed by atoms with Crippen LogP contribution in [-0.4, -0.2) is 26.6 Å². The number of nitrogens with one attached hydrogen (secondary N) is 2. The maximum Gasteiger partial charge on any atom is 0.249 e. The number of hydrogen-bond acceptors (Lipinski definition) is 4. The zero-order valence-corrected chi connectivity index (χ0v) is 15.2. The maximum atomic E-state index is 12.2. The third-order valence-electron chi connectivity index (χ3n) is 4.26. The molecule has 0 bridgehead atoms. The number of benzene rings is 2. The van der Waals surface area contributed by atoms with E-state index in [9.17, 15) is 9.59 Å². The van der Waals surface area contributed by atoms with Crippen LogP contribution in [-0.2, 0) is 16.0 Å². The molecule has 27 heavy (non-hydrogen) atoms. The number of nitrogens with zero attached hydrogens (tertiary/aromatic N) is 3. The summed E-state index contributed by atoms with van der Waals surface area (Å²) in [4.78, 5) is 28.3. The van der Waals surface area contributed by atoms with Gasteiger partial charge in [-0.2, -0.15) is 5.10 Å². The van der Waals surface area contributed by atoms with Crippen LogP contribution in [0.15, 0.2) is 61.2 Å². The molecule has 0 saturated carbocycles. The number of aryl methyl sites for hydroxylation is 1. The van der Waals surface area contributed by atoms with Gasteiger partial charge in [0.05, 0.1) is 6.42 Å². The lowest BCUT2D eigenvalue weighted by molar-refractivity contribution is -0.119. The topological polar surface area (TPSA) is 88.9 Å². The molecule has 3 rings (SSSR count). The maximum absolute atomic E-state index is 12.2. The lowest BCUT2D eigenvalue weighted by Crippen LogP contribution is -2.24. The lowest BCUT2D eigenvalue weighted by Gasteiger charge is -2.12. The summed E-state index contributed by atoms with van der Waals surface area (Å²) in [6.45, 7) is 3.73. The average molecular weight is 363 g/mol. The normalized spacial score (nSPS) is 11.6. The van der Waals surface area contributed by atoms with Gasteiger partial charge in [0.1, 0.15) is 18.7 Å². The zero-order valence-electron chi connectivity index (χ0n) is 15.2. The molecular weight excluding hydrogens is 342 g/mol. The lowest BCUT2D eigenvalue weighted by atomic mass is 10.1. The van der Waals surface area contributed by atoms with Gasteiger partial charge in [0.15, 0.2) is 0 Å². The summed E-state index contributed by atoms with van der Waals surface area (Å²) in [5.41, 5.74) is 3.41. The minimum absolute atomic E-state index is 0.0825. The van der Waals surface area contributed by atoms with E-state index in [1.165, 1.54) is 17.3 Å². The second-order valence-electron chi connectivity index (χ2n) is 6.27. The Bertz CT molecular complexity index is 920. The van der Waals surface area contributed by atoms with Crippen LogP contribution in [0.2, 0.25) is 0 Å². The number of hydrogen-bond donors (Lipinski definition) is 2. The zero-order chi connectivity index (χ0) is 19.2. The van der Waals surface area contributed by atoms with Crippen molar-refractivity contribution in [2.45, 2.75) is 26.3 Å². The van der Waals surface area contributed by atoms with Crippen LogP contribution in [0.3, 0.4) is 0 Å². The van der Waals surface area contributed by atoms with Crippen molar-refractivity contribution in [1.82, 2.24) is 14.8 Å². The highest BCUT2D eigenvalue weighted by Crippen LogP contribution is 2.16. The Hall–Kier alpha value is -3.48. The number of carbonyl (C=O) groups is 2. The highest BCUT2D eigenvalue weighted by Gasteiger charge is 2.15. The second kappa shape index (κ2) is 8.27. The molecular formula is C20H21N5O2. The van der Waals surface area contributed by atoms with Crippen molar-refractivity contribution in [2.75, 3.05) is 10.6 Å². The van der Waals surface area contributed by atoms with E-state index in [2.05, 4.69) is 20.7 Å². The SMILES string of the molecule is Cc1ccccc1CC(=O)Nc1ccc(NC(=O)[C@H](C)n2cncn2)cc1. The Morgan fingerprint density at radius 3 is 2.33 bits per heavy atom. The van der Waals surface area contributed by atoms with Gasteiger partial charge in [-0.15, -0.1) is 0 Å². The van der Waals surface area contributed by atoms with Gasteiger partial charge in [-0.1, -0.05) is 24.3 Å². The van der Waals surface area contributed by atoms with E-state index in [-0.39, 0.29) is 11.8 Å². The number of anilines is 2. The molecule has 0 saturated heterocycles. The van der Waals surface area contributed by atoms with E-state index in [0.29, 0.717) is 17.8 Å². The molecule has 0 aliphatic rings. The summed E-state index contributed by atoms with van der Waals surface area (Å²) in [5.74, 6) is -0.280. The van der Waals surface area contributed by atoms with Crippen molar-refractivity contribution in [2.24, 2.45) is 0 Å². The van der Waals surface area contributed by atoms with Gasteiger partial charge in [-0.25, -0.2) is 9.67 Å². The Morgan fingerprint density at radius 2 is 1.70 bits per heavy atom. The van der Waals surface area contributed by atoms with Gasteiger partial charge in [0, 0.05) is 11.4 Å². The molecule has 0 radical (unpaired) electrons. The largest absolute Gasteiger partial charge is 0.326 e. The van der Waals surface area contributed by atoms with Crippen molar-refractivity contribution < 1.29 is 9.59 Å². The fourth-order valence-corrected chi connectivity index (χ4v) is 2.61. The molecule has 0 aliphatic carbocycles. The van der Waals surface area contributed by atoms with Crippen molar-refractivity contribution in [3.63, 3.8) is 0 Å². The summed E-state index contributed by atoms with van der Waals surface area (Å²) < 4.78 is 1.48. The van der Waals surface area contributed by atoms with Crippen LogP contribution in [0.5, 0.6) is 0 Å². The summed E-state index contributed by atoms with van der Waals surface area (Å²) >= 11 is 0. The van der Waals surface area contributed by atoms with Crippen molar-refractivity contribution in [1.29, 1.82) is 0 Å². The predicted octanol–water partition coefficient (Wildman–Crippen LogP) is 2.97. The molecule has 7 heteroatoms. The van der Waals surface area contributed by atoms with Gasteiger partial charge in [0.2, 0.25) is 11.8 Å². The van der Waals surface area contributed by atoms with E-state index in [4.69, 9.17) is 0 Å². The van der Waals surface area contributed by atoms with Crippen molar-refractivity contribution >= 4 is 23.2 Å². The predicted molar refractivity (Wildman–Crippen MR) is 103 cm³/mol. The van der Waals surface area contributed by atoms with Crippen LogP contribution in [0.1, 0.15) is 24.1 Å². The van der Waals surface area contributed by atoms with Crippen LogP contribution in [0.25, 0.3) is 0 Å². The minimum Gasteiger partial charge on any atom is -0.326 e. The third kappa shape index (κ3) is 4.78. The van der Waals surface area contributed by atoms with E-state index in [1.54, 1.807) is 31.2 Å². The number of aromatic nitrogens is 3. The quantitative estimate of drug-likeness (QED) is 0.705. The molecule has 0 spiro atoms. The molecule has 7 nitrogen and oxygen atoms in total. The van der Waals surface area contributed by atoms with Crippen LogP contribution in [0, 0.1) is 6.92 Å². The van der Waals surface area contributed by atoms with E-state index >= 15 is 0 Å². The molecule has 3 aromatic rings. The molecule has 2 amide bonds. The fourth-order valence-electron chi connectivity index (χ4n) is 2.61. The van der Waals surface area contributed by atoms with Crippen LogP contribution < -0.4 is 10.6 Å². The van der Waals surface area contributed by atoms with Gasteiger partial charge in [0.25, 0.3) is 0 Å². The molecule has 1 heterocycles. The summed E-state index contributed by atoms with van der Waals surface area (Å²) in [5, 5.41) is 9.65. The Morgan fingerprint density at radius 1 is 1.04 bits per heavy atom. The molecule has 1 atom stereocenters. The van der Waals surface area contributed by atoms with Gasteiger partial charge < -0.3 is 10.6 Å². The molecule has 2 aromatic carbocycles. The summed E-state index contributed by atoms with van der Waals surface area (Å²) in [6, 6.07) is 14.3. The first-order chi connectivity index (χ1) is 13.0. The smallest absolute Gasteiger partial charge is 0.249 e. The van der Waals surface area contributed by atoms with Crippen molar-refractivity contribution in [3.8, 4) is 0 Å². The van der Waals surface area contributed by atoms with Crippen molar-refractivity contribution in [3.05, 3.63) is 72.3 Å². The van der Waals surface area contributed by atoms with Gasteiger partial charge in [-0.3, -0.25) is 9.59 Å². The molecule has 0 fully saturated rings. The van der Waals surface area contributed by atoms with E-state index in [0.717, 1.165) is 11.1 Å². The first-order valence-corrected chi connectivity index (χ1v) is 8.62. The average Bonchev–Trinajstić information content (AvgIpc) is 3.19. The minimum atomic E-state index is -0.471. The summed E-state index contributed by atoms with van der Waals surface area (Å²) in [6.07, 6.45) is 3.20. The first-order valence-electron chi connectivity index (χ1n) is 8.62. The molecule has 0 unspecified atom stereocenters. The number of rotatable bonds is 6. The molecule has 138 valence electrons. The Balaban J connectivity index is 1.56. The third-order valence-corrected chi connectivity index (χ3v) is 4.26. The van der Waals surface area contributed by atoms with E-state index < -0.39 is 6.04 Å². The first kappa shape index (κ1) is 18.3. The Kier molecular flexibility index (Phi) is 5.61. The van der Waals surface area contributed by atoms with Gasteiger partial charge >= 0.3 is 0 Å². The number of carbonyl (C=O) groups excluding carboxylic acids is 2. The standard InChI is InChI=1S/C20H21N5O2/c1-14-5-3-4-6-16(14)11-19(26)23-17-7-9-18(10-8-17)24-20(27)15(2)25-13-21-12-22-25/h3-10,12-13,15H,11H2,1-2H3,(H,23,26)(H,24,27)/t15-/m0/s1. The van der Waals surface area contributed by atoms with Crippen LogP contribution >= 0.6 is 0 Å². The molecule has 1 aromatic heterocycles. The second-order valence-corrected chi connectivity index (χ2v) is 6.27. The van der Waals surface area contributed by atoms with Gasteiger partial charge in [-0.05, 0) is 49.2 Å². The monoisotopic (exact) mass is 363 g/mol. The molecule has 0 aliphatic heterocycles.